The van der Waals surface area contributed by atoms with Gasteiger partial charge in [-0.05, 0) is 37.2 Å². The van der Waals surface area contributed by atoms with Gasteiger partial charge in [0, 0.05) is 19.2 Å². The molecule has 6 nitrogen and oxygen atoms in total. The third kappa shape index (κ3) is 7.03. The lowest BCUT2D eigenvalue weighted by molar-refractivity contribution is -0.131. The van der Waals surface area contributed by atoms with Crippen LogP contribution in [-0.2, 0) is 9.53 Å². The molecule has 0 aromatic carbocycles. The predicted molar refractivity (Wildman–Crippen MR) is 82.7 cm³/mol. The van der Waals surface area contributed by atoms with Crippen molar-refractivity contribution in [3.05, 3.63) is 28.0 Å². The Morgan fingerprint density at radius 3 is 2.86 bits per heavy atom. The van der Waals surface area contributed by atoms with Crippen molar-refractivity contribution in [3.63, 3.8) is 0 Å². The number of likely N-dealkylation sites (N-methyl/N-ethyl adjacent to an activating group) is 1. The van der Waals surface area contributed by atoms with Crippen LogP contribution in [0.4, 0.5) is 0 Å². The van der Waals surface area contributed by atoms with E-state index in [4.69, 9.17) is 9.84 Å². The van der Waals surface area contributed by atoms with Crippen LogP contribution in [0.15, 0.2) is 17.5 Å². The number of rotatable bonds is 9. The molecule has 0 saturated carbocycles. The van der Waals surface area contributed by atoms with Crippen molar-refractivity contribution in [2.75, 3.05) is 40.4 Å². The summed E-state index contributed by atoms with van der Waals surface area (Å²) in [6.45, 7) is 2.33. The van der Waals surface area contributed by atoms with Gasteiger partial charge in [-0.1, -0.05) is 0 Å². The number of hydrogen-bond acceptors (Lipinski definition) is 5. The molecule has 0 spiro atoms. The molecular formula is C14H20N2O4S. The van der Waals surface area contributed by atoms with Gasteiger partial charge in [-0.15, -0.1) is 11.3 Å². The number of hydrogen-bond donors (Lipinski definition) is 2. The molecular weight excluding hydrogens is 292 g/mol. The topological polar surface area (TPSA) is 78.9 Å². The highest BCUT2D eigenvalue weighted by Crippen LogP contribution is 2.18. The molecule has 0 atom stereocenters. The minimum absolute atomic E-state index is 0.216. The van der Waals surface area contributed by atoms with Crippen molar-refractivity contribution in [1.82, 2.24) is 10.2 Å². The summed E-state index contributed by atoms with van der Waals surface area (Å²) in [7, 11) is 3.93. The van der Waals surface area contributed by atoms with Gasteiger partial charge in [-0.25, -0.2) is 4.79 Å². The smallest absolute Gasteiger partial charge is 0.328 e. The first-order chi connectivity index (χ1) is 10.0. The number of carbonyl (C=O) groups is 2. The second kappa shape index (κ2) is 9.28. The van der Waals surface area contributed by atoms with Crippen molar-refractivity contribution in [2.45, 2.75) is 0 Å². The lowest BCUT2D eigenvalue weighted by Gasteiger charge is -2.10. The number of nitrogens with one attached hydrogen (secondary N) is 1. The Morgan fingerprint density at radius 2 is 2.19 bits per heavy atom. The molecule has 7 heteroatoms. The minimum atomic E-state index is -1.04. The Labute approximate surface area is 128 Å². The summed E-state index contributed by atoms with van der Waals surface area (Å²) in [5.41, 5.74) is 0.605. The molecule has 21 heavy (non-hydrogen) atoms. The maximum atomic E-state index is 12.0. The largest absolute Gasteiger partial charge is 0.478 e. The second-order valence-corrected chi connectivity index (χ2v) is 5.46. The fraction of sp³-hybridized carbons (Fsp3) is 0.429. The molecule has 1 amide bonds. The molecule has 116 valence electrons. The van der Waals surface area contributed by atoms with Gasteiger partial charge in [-0.2, -0.15) is 0 Å². The summed E-state index contributed by atoms with van der Waals surface area (Å²) < 4.78 is 5.38. The highest BCUT2D eigenvalue weighted by Gasteiger charge is 2.11. The van der Waals surface area contributed by atoms with Gasteiger partial charge in [0.05, 0.1) is 18.1 Å². The molecule has 0 unspecified atom stereocenters. The van der Waals surface area contributed by atoms with Gasteiger partial charge in [-0.3, -0.25) is 4.79 Å². The van der Waals surface area contributed by atoms with Crippen LogP contribution in [0.2, 0.25) is 0 Å². The van der Waals surface area contributed by atoms with Crippen LogP contribution in [-0.4, -0.2) is 62.3 Å². The first kappa shape index (κ1) is 17.4. The van der Waals surface area contributed by atoms with E-state index in [1.807, 2.05) is 19.0 Å². The Bertz CT molecular complexity index is 497. The van der Waals surface area contributed by atoms with Crippen molar-refractivity contribution in [2.24, 2.45) is 0 Å². The van der Waals surface area contributed by atoms with Gasteiger partial charge < -0.3 is 20.1 Å². The standard InChI is InChI=1S/C14H20N2O4S/c1-16(2)7-9-20-8-6-15-14(19)13-11(5-10-21-13)3-4-12(17)18/h3-5,10H,6-9H2,1-2H3,(H,15,19)(H,17,18)/b4-3+. The zero-order chi connectivity index (χ0) is 15.7. The van der Waals surface area contributed by atoms with Crippen LogP contribution in [0.3, 0.4) is 0 Å². The summed E-state index contributed by atoms with van der Waals surface area (Å²) in [5, 5.41) is 13.1. The van der Waals surface area contributed by atoms with Crippen LogP contribution < -0.4 is 5.32 Å². The molecule has 0 radical (unpaired) electrons. The lowest BCUT2D eigenvalue weighted by atomic mass is 10.2. The van der Waals surface area contributed by atoms with E-state index in [1.165, 1.54) is 17.4 Å². The number of ether oxygens (including phenoxy) is 1. The molecule has 1 heterocycles. The fourth-order valence-electron chi connectivity index (χ4n) is 1.46. The summed E-state index contributed by atoms with van der Waals surface area (Å²) in [6.07, 6.45) is 2.44. The van der Waals surface area contributed by atoms with Gasteiger partial charge in [0.15, 0.2) is 0 Å². The fourth-order valence-corrected chi connectivity index (χ4v) is 2.26. The van der Waals surface area contributed by atoms with E-state index in [0.717, 1.165) is 12.6 Å². The summed E-state index contributed by atoms with van der Waals surface area (Å²) in [6, 6.07) is 1.71. The number of carboxylic acids is 1. The van der Waals surface area contributed by atoms with Gasteiger partial charge in [0.25, 0.3) is 5.91 Å². The van der Waals surface area contributed by atoms with E-state index >= 15 is 0 Å². The monoisotopic (exact) mass is 312 g/mol. The summed E-state index contributed by atoms with van der Waals surface area (Å²) in [4.78, 5) is 25.0. The maximum absolute atomic E-state index is 12.0. The average Bonchev–Trinajstić information content (AvgIpc) is 2.88. The molecule has 0 aliphatic carbocycles. The lowest BCUT2D eigenvalue weighted by Crippen LogP contribution is -2.28. The number of nitrogens with zero attached hydrogens (tertiary/aromatic N) is 1. The first-order valence-corrected chi connectivity index (χ1v) is 7.38. The summed E-state index contributed by atoms with van der Waals surface area (Å²) >= 11 is 1.28. The van der Waals surface area contributed by atoms with Crippen LogP contribution in [0, 0.1) is 0 Å². The molecule has 1 rings (SSSR count). The van der Waals surface area contributed by atoms with E-state index in [0.29, 0.717) is 30.2 Å². The molecule has 0 saturated heterocycles. The van der Waals surface area contributed by atoms with E-state index in [1.54, 1.807) is 11.4 Å². The number of carbonyl (C=O) groups excluding carboxylic acids is 1. The van der Waals surface area contributed by atoms with Crippen LogP contribution in [0.1, 0.15) is 15.2 Å². The molecule has 0 aliphatic rings. The van der Waals surface area contributed by atoms with E-state index in [-0.39, 0.29) is 5.91 Å². The highest BCUT2D eigenvalue weighted by molar-refractivity contribution is 7.12. The molecule has 0 aliphatic heterocycles. The van der Waals surface area contributed by atoms with Crippen molar-refractivity contribution in [3.8, 4) is 0 Å². The molecule has 0 bridgehead atoms. The number of carboxylic acid groups (broad SMARTS) is 1. The minimum Gasteiger partial charge on any atom is -0.478 e. The van der Waals surface area contributed by atoms with Gasteiger partial charge in [0.2, 0.25) is 0 Å². The highest BCUT2D eigenvalue weighted by atomic mass is 32.1. The van der Waals surface area contributed by atoms with Crippen molar-refractivity contribution in [1.29, 1.82) is 0 Å². The van der Waals surface area contributed by atoms with Crippen LogP contribution in [0.25, 0.3) is 6.08 Å². The van der Waals surface area contributed by atoms with E-state index in [2.05, 4.69) is 5.32 Å². The molecule has 1 aromatic rings. The average molecular weight is 312 g/mol. The predicted octanol–water partition coefficient (Wildman–Crippen LogP) is 1.15. The van der Waals surface area contributed by atoms with Gasteiger partial charge >= 0.3 is 5.97 Å². The zero-order valence-corrected chi connectivity index (χ0v) is 13.0. The normalized spacial score (nSPS) is 11.2. The third-order valence-electron chi connectivity index (χ3n) is 2.52. The number of thiophene rings is 1. The quantitative estimate of drug-likeness (QED) is 0.528. The van der Waals surface area contributed by atoms with Crippen molar-refractivity contribution >= 4 is 29.3 Å². The Morgan fingerprint density at radius 1 is 1.43 bits per heavy atom. The second-order valence-electron chi connectivity index (χ2n) is 4.55. The van der Waals surface area contributed by atoms with Gasteiger partial charge in [0.1, 0.15) is 0 Å². The van der Waals surface area contributed by atoms with E-state index < -0.39 is 5.97 Å². The molecule has 1 aromatic heterocycles. The number of aliphatic carboxylic acids is 1. The zero-order valence-electron chi connectivity index (χ0n) is 12.2. The van der Waals surface area contributed by atoms with Crippen LogP contribution >= 0.6 is 11.3 Å². The maximum Gasteiger partial charge on any atom is 0.328 e. The SMILES string of the molecule is CN(C)CCOCCNC(=O)c1sccc1/C=C/C(=O)O. The van der Waals surface area contributed by atoms with Crippen molar-refractivity contribution < 1.29 is 19.4 Å². The number of amides is 1. The Hall–Kier alpha value is -1.70. The third-order valence-corrected chi connectivity index (χ3v) is 3.45. The first-order valence-electron chi connectivity index (χ1n) is 6.50. The van der Waals surface area contributed by atoms with Crippen LogP contribution in [0.5, 0.6) is 0 Å². The van der Waals surface area contributed by atoms with E-state index in [9.17, 15) is 9.59 Å². The molecule has 2 N–H and O–H groups in total. The molecule has 0 fully saturated rings. The summed E-state index contributed by atoms with van der Waals surface area (Å²) in [5.74, 6) is -1.26. The Kier molecular flexibility index (Phi) is 7.66. The Balaban J connectivity index is 2.36.